The average Bonchev–Trinajstić information content (AvgIpc) is 3.27. The van der Waals surface area contributed by atoms with Crippen molar-refractivity contribution in [2.75, 3.05) is 21.3 Å². The van der Waals surface area contributed by atoms with Crippen LogP contribution in [0.15, 0.2) is 55.1 Å². The lowest BCUT2D eigenvalue weighted by atomic mass is 10.1. The molecule has 1 amide bonds. The van der Waals surface area contributed by atoms with Crippen molar-refractivity contribution in [1.29, 1.82) is 0 Å². The first-order valence-electron chi connectivity index (χ1n) is 8.76. The number of nitrogens with zero attached hydrogens (tertiary/aromatic N) is 2. The molecule has 1 heterocycles. The Bertz CT molecular complexity index is 937. The van der Waals surface area contributed by atoms with Crippen LogP contribution in [-0.4, -0.2) is 36.8 Å². The van der Waals surface area contributed by atoms with E-state index >= 15 is 0 Å². The van der Waals surface area contributed by atoms with Gasteiger partial charge in [0.05, 0.1) is 39.3 Å². The zero-order chi connectivity index (χ0) is 20.1. The summed E-state index contributed by atoms with van der Waals surface area (Å²) in [5.74, 6) is 1.12. The van der Waals surface area contributed by atoms with Crippen LogP contribution in [0.1, 0.15) is 28.9 Å². The summed E-state index contributed by atoms with van der Waals surface area (Å²) in [4.78, 5) is 16.9. The molecule has 0 saturated carbocycles. The first-order valence-corrected chi connectivity index (χ1v) is 8.76. The Morgan fingerprint density at radius 2 is 1.64 bits per heavy atom. The lowest BCUT2D eigenvalue weighted by molar-refractivity contribution is 0.0936. The molecule has 2 aromatic carbocycles. The third-order valence-corrected chi connectivity index (χ3v) is 4.49. The van der Waals surface area contributed by atoms with E-state index in [0.29, 0.717) is 22.8 Å². The topological polar surface area (TPSA) is 74.6 Å². The van der Waals surface area contributed by atoms with Gasteiger partial charge in [-0.25, -0.2) is 4.98 Å². The van der Waals surface area contributed by atoms with E-state index in [4.69, 9.17) is 14.2 Å². The van der Waals surface area contributed by atoms with Crippen LogP contribution in [0.3, 0.4) is 0 Å². The molecule has 1 aromatic heterocycles. The maximum atomic E-state index is 12.8. The quantitative estimate of drug-likeness (QED) is 0.679. The number of carbonyl (C=O) groups is 1. The highest BCUT2D eigenvalue weighted by Crippen LogP contribution is 2.34. The zero-order valence-corrected chi connectivity index (χ0v) is 16.3. The monoisotopic (exact) mass is 381 g/mol. The number of aromatic nitrogens is 2. The van der Waals surface area contributed by atoms with Gasteiger partial charge in [-0.05, 0) is 24.6 Å². The predicted molar refractivity (Wildman–Crippen MR) is 106 cm³/mol. The minimum Gasteiger partial charge on any atom is -0.496 e. The van der Waals surface area contributed by atoms with E-state index in [1.165, 1.54) is 21.3 Å². The minimum atomic E-state index is -0.260. The van der Waals surface area contributed by atoms with Gasteiger partial charge in [-0.2, -0.15) is 0 Å². The van der Waals surface area contributed by atoms with Crippen LogP contribution in [-0.2, 0) is 0 Å². The number of hydrogen-bond acceptors (Lipinski definition) is 5. The molecule has 7 nitrogen and oxygen atoms in total. The van der Waals surface area contributed by atoms with Crippen molar-refractivity contribution in [3.63, 3.8) is 0 Å². The highest BCUT2D eigenvalue weighted by molar-refractivity contribution is 5.98. The highest BCUT2D eigenvalue weighted by Gasteiger charge is 2.19. The Labute approximate surface area is 163 Å². The number of hydrogen-bond donors (Lipinski definition) is 1. The molecule has 1 atom stereocenters. The molecule has 0 radical (unpaired) electrons. The second-order valence-corrected chi connectivity index (χ2v) is 6.16. The van der Waals surface area contributed by atoms with E-state index in [9.17, 15) is 4.79 Å². The Morgan fingerprint density at radius 3 is 2.21 bits per heavy atom. The number of imidazole rings is 1. The van der Waals surface area contributed by atoms with E-state index in [1.807, 2.05) is 42.0 Å². The Balaban J connectivity index is 1.78. The lowest BCUT2D eigenvalue weighted by Gasteiger charge is -2.18. The molecule has 146 valence electrons. The smallest absolute Gasteiger partial charge is 0.255 e. The van der Waals surface area contributed by atoms with Crippen molar-refractivity contribution in [2.45, 2.75) is 13.0 Å². The van der Waals surface area contributed by atoms with Gasteiger partial charge in [-0.15, -0.1) is 0 Å². The number of nitrogens with one attached hydrogen (secondary N) is 1. The molecule has 7 heteroatoms. The Kier molecular flexibility index (Phi) is 5.84. The summed E-state index contributed by atoms with van der Waals surface area (Å²) < 4.78 is 17.8. The molecule has 1 unspecified atom stereocenters. The van der Waals surface area contributed by atoms with Crippen molar-refractivity contribution >= 4 is 5.91 Å². The van der Waals surface area contributed by atoms with Crippen LogP contribution in [0.25, 0.3) is 5.69 Å². The van der Waals surface area contributed by atoms with Gasteiger partial charge in [0, 0.05) is 30.2 Å². The summed E-state index contributed by atoms with van der Waals surface area (Å²) in [6.45, 7) is 1.93. The van der Waals surface area contributed by atoms with Crippen molar-refractivity contribution in [1.82, 2.24) is 14.9 Å². The molecular weight excluding hydrogens is 358 g/mol. The number of carbonyl (C=O) groups excluding carboxylic acids is 1. The van der Waals surface area contributed by atoms with Crippen LogP contribution in [0.4, 0.5) is 0 Å². The fourth-order valence-electron chi connectivity index (χ4n) is 2.91. The van der Waals surface area contributed by atoms with Gasteiger partial charge in [0.15, 0.2) is 11.5 Å². The molecule has 0 aliphatic carbocycles. The van der Waals surface area contributed by atoms with Crippen LogP contribution in [0, 0.1) is 0 Å². The van der Waals surface area contributed by atoms with Gasteiger partial charge in [-0.3, -0.25) is 4.79 Å². The van der Waals surface area contributed by atoms with Gasteiger partial charge in [0.25, 0.3) is 5.91 Å². The number of methoxy groups -OCH3 is 3. The fraction of sp³-hybridized carbons (Fsp3) is 0.238. The summed E-state index contributed by atoms with van der Waals surface area (Å²) in [6.07, 6.45) is 5.35. The number of benzene rings is 2. The molecule has 28 heavy (non-hydrogen) atoms. The molecule has 0 aliphatic heterocycles. The van der Waals surface area contributed by atoms with E-state index in [-0.39, 0.29) is 11.9 Å². The number of ether oxygens (including phenoxy) is 3. The third kappa shape index (κ3) is 3.93. The van der Waals surface area contributed by atoms with Gasteiger partial charge in [0.1, 0.15) is 5.75 Å². The van der Waals surface area contributed by atoms with E-state index in [0.717, 1.165) is 11.3 Å². The summed E-state index contributed by atoms with van der Waals surface area (Å²) in [7, 11) is 4.57. The highest BCUT2D eigenvalue weighted by atomic mass is 16.5. The predicted octanol–water partition coefficient (Wildman–Crippen LogP) is 3.39. The fourth-order valence-corrected chi connectivity index (χ4v) is 2.91. The first kappa shape index (κ1) is 19.3. The van der Waals surface area contributed by atoms with Gasteiger partial charge in [-0.1, -0.05) is 12.1 Å². The number of rotatable bonds is 7. The van der Waals surface area contributed by atoms with Crippen molar-refractivity contribution < 1.29 is 19.0 Å². The summed E-state index contributed by atoms with van der Waals surface area (Å²) in [5.41, 5.74) is 2.36. The SMILES string of the molecule is COc1cc(OC)c(C(=O)NC(C)c2ccc(-n3ccnc3)cc2)cc1OC. The maximum Gasteiger partial charge on any atom is 0.255 e. The van der Waals surface area contributed by atoms with Gasteiger partial charge >= 0.3 is 0 Å². The Morgan fingerprint density at radius 1 is 1.00 bits per heavy atom. The average molecular weight is 381 g/mol. The number of amides is 1. The van der Waals surface area contributed by atoms with Crippen molar-refractivity contribution in [3.8, 4) is 22.9 Å². The third-order valence-electron chi connectivity index (χ3n) is 4.49. The summed E-state index contributed by atoms with van der Waals surface area (Å²) in [6, 6.07) is 11.0. The second kappa shape index (κ2) is 8.47. The summed E-state index contributed by atoms with van der Waals surface area (Å²) in [5, 5.41) is 3.00. The minimum absolute atomic E-state index is 0.192. The lowest BCUT2D eigenvalue weighted by Crippen LogP contribution is -2.27. The van der Waals surface area contributed by atoms with E-state index in [1.54, 1.807) is 24.7 Å². The molecule has 0 fully saturated rings. The largest absolute Gasteiger partial charge is 0.496 e. The molecule has 3 aromatic rings. The van der Waals surface area contributed by atoms with Gasteiger partial charge < -0.3 is 24.1 Å². The van der Waals surface area contributed by atoms with Crippen LogP contribution >= 0.6 is 0 Å². The first-order chi connectivity index (χ1) is 13.6. The van der Waals surface area contributed by atoms with Crippen LogP contribution in [0.2, 0.25) is 0 Å². The molecule has 1 N–H and O–H groups in total. The normalized spacial score (nSPS) is 11.6. The molecule has 3 rings (SSSR count). The van der Waals surface area contributed by atoms with Crippen LogP contribution in [0.5, 0.6) is 17.2 Å². The molecule has 0 spiro atoms. The van der Waals surface area contributed by atoms with Crippen molar-refractivity contribution in [2.24, 2.45) is 0 Å². The van der Waals surface area contributed by atoms with E-state index < -0.39 is 0 Å². The molecule has 0 aliphatic rings. The second-order valence-electron chi connectivity index (χ2n) is 6.16. The Hall–Kier alpha value is -3.48. The standard InChI is InChI=1S/C21H23N3O4/c1-14(15-5-7-16(8-6-15)24-10-9-22-13-24)23-21(25)17-11-19(27-3)20(28-4)12-18(17)26-2/h5-14H,1-4H3,(H,23,25). The molecular formula is C21H23N3O4. The van der Waals surface area contributed by atoms with Gasteiger partial charge in [0.2, 0.25) is 0 Å². The van der Waals surface area contributed by atoms with E-state index in [2.05, 4.69) is 10.3 Å². The molecule has 0 bridgehead atoms. The van der Waals surface area contributed by atoms with Crippen LogP contribution < -0.4 is 19.5 Å². The maximum absolute atomic E-state index is 12.8. The van der Waals surface area contributed by atoms with Crippen molar-refractivity contribution in [3.05, 3.63) is 66.2 Å². The summed E-state index contributed by atoms with van der Waals surface area (Å²) >= 11 is 0. The zero-order valence-electron chi connectivity index (χ0n) is 16.3. The molecule has 0 saturated heterocycles.